The van der Waals surface area contributed by atoms with Gasteiger partial charge in [0.25, 0.3) is 0 Å². The average Bonchev–Trinajstić information content (AvgIpc) is 3.93. The molecule has 12 rings (SSSR count). The molecule has 0 amide bonds. The quantitative estimate of drug-likeness (QED) is 0.161. The number of thiophene rings is 2. The smallest absolute Gasteiger partial charge is 0.160 e. The van der Waals surface area contributed by atoms with E-state index in [1.807, 2.05) is 12.1 Å². The predicted octanol–water partition coefficient (Wildman–Crippen LogP) is 15.7. The molecule has 0 spiro atoms. The van der Waals surface area contributed by atoms with Crippen LogP contribution in [0.15, 0.2) is 206 Å². The second kappa shape index (κ2) is 15.1. The van der Waals surface area contributed by atoms with E-state index in [2.05, 4.69) is 194 Å². The van der Waals surface area contributed by atoms with Gasteiger partial charge in [-0.1, -0.05) is 182 Å². The Kier molecular flexibility index (Phi) is 8.84. The maximum absolute atomic E-state index is 5.34. The minimum Gasteiger partial charge on any atom is -0.226 e. The van der Waals surface area contributed by atoms with Crippen LogP contribution in [0.2, 0.25) is 0 Å². The maximum atomic E-state index is 5.34. The van der Waals surface area contributed by atoms with Crippen molar-refractivity contribution in [1.82, 2.24) is 19.9 Å². The molecule has 4 nitrogen and oxygen atoms in total. The summed E-state index contributed by atoms with van der Waals surface area (Å²) in [5.41, 5.74) is 14.8. The van der Waals surface area contributed by atoms with Crippen molar-refractivity contribution < 1.29 is 0 Å². The van der Waals surface area contributed by atoms with Gasteiger partial charge in [-0.15, -0.1) is 22.7 Å². The lowest BCUT2D eigenvalue weighted by molar-refractivity contribution is 1.24. The van der Waals surface area contributed by atoms with Crippen LogP contribution in [0.25, 0.3) is 119 Å². The first-order valence-electron chi connectivity index (χ1n) is 20.6. The molecule has 8 aromatic carbocycles. The molecule has 0 radical (unpaired) electrons. The molecular weight excluding hydrogens is 793 g/mol. The van der Waals surface area contributed by atoms with E-state index in [4.69, 9.17) is 19.9 Å². The standard InChI is InChI=1S/C56H34N4S2/c1-3-13-35(14-4-1)37-25-29-39(30-26-37)55-57-49(53-51(59-55)45-21-7-9-23-47(45)61-53)43-19-11-17-41(33-43)42-18-12-20-44(34-42)50-54-52(46-22-8-10-24-48(46)62-54)60-56(58-50)40-31-27-38(28-32-40)36-15-5-2-6-16-36/h1-34H. The van der Waals surface area contributed by atoms with Crippen LogP contribution in [0.3, 0.4) is 0 Å². The Bertz CT molecular complexity index is 3370. The van der Waals surface area contributed by atoms with Crippen molar-refractivity contribution in [3.05, 3.63) is 206 Å². The second-order valence-electron chi connectivity index (χ2n) is 15.4. The molecule has 0 aliphatic rings. The zero-order chi connectivity index (χ0) is 41.0. The molecular formula is C56H34N4S2. The van der Waals surface area contributed by atoms with Gasteiger partial charge in [-0.05, 0) is 57.6 Å². The molecule has 62 heavy (non-hydrogen) atoms. The summed E-state index contributed by atoms with van der Waals surface area (Å²) in [7, 11) is 0. The van der Waals surface area contributed by atoms with Crippen molar-refractivity contribution in [1.29, 1.82) is 0 Å². The largest absolute Gasteiger partial charge is 0.226 e. The van der Waals surface area contributed by atoms with Gasteiger partial charge in [0.15, 0.2) is 11.6 Å². The van der Waals surface area contributed by atoms with E-state index >= 15 is 0 Å². The number of aromatic nitrogens is 4. The Morgan fingerprint density at radius 2 is 0.597 bits per heavy atom. The first kappa shape index (κ1) is 36.2. The predicted molar refractivity (Wildman–Crippen MR) is 261 cm³/mol. The Morgan fingerprint density at radius 3 is 1.03 bits per heavy atom. The Balaban J connectivity index is 0.965. The van der Waals surface area contributed by atoms with Crippen molar-refractivity contribution in [2.45, 2.75) is 0 Å². The van der Waals surface area contributed by atoms with Crippen LogP contribution in [0.1, 0.15) is 0 Å². The van der Waals surface area contributed by atoms with Crippen LogP contribution in [-0.4, -0.2) is 19.9 Å². The summed E-state index contributed by atoms with van der Waals surface area (Å²) >= 11 is 3.50. The van der Waals surface area contributed by atoms with Crippen molar-refractivity contribution >= 4 is 63.3 Å². The summed E-state index contributed by atoms with van der Waals surface area (Å²) < 4.78 is 4.56. The minimum atomic E-state index is 0.713. The Morgan fingerprint density at radius 1 is 0.258 bits per heavy atom. The molecule has 0 aliphatic carbocycles. The summed E-state index contributed by atoms with van der Waals surface area (Å²) in [5.74, 6) is 1.43. The molecule has 290 valence electrons. The van der Waals surface area contributed by atoms with Gasteiger partial charge in [-0.3, -0.25) is 0 Å². The first-order valence-corrected chi connectivity index (χ1v) is 22.2. The molecule has 0 aliphatic heterocycles. The van der Waals surface area contributed by atoms with E-state index in [0.717, 1.165) is 87.1 Å². The highest BCUT2D eigenvalue weighted by Gasteiger charge is 2.19. The lowest BCUT2D eigenvalue weighted by Gasteiger charge is -2.11. The molecule has 0 fully saturated rings. The number of benzene rings is 8. The molecule has 0 bridgehead atoms. The molecule has 0 N–H and O–H groups in total. The van der Waals surface area contributed by atoms with E-state index in [9.17, 15) is 0 Å². The molecule has 0 atom stereocenters. The minimum absolute atomic E-state index is 0.713. The van der Waals surface area contributed by atoms with Gasteiger partial charge >= 0.3 is 0 Å². The Hall–Kier alpha value is -7.64. The third-order valence-electron chi connectivity index (χ3n) is 11.5. The van der Waals surface area contributed by atoms with Crippen molar-refractivity contribution in [3.63, 3.8) is 0 Å². The summed E-state index contributed by atoms with van der Waals surface area (Å²) in [6.45, 7) is 0. The zero-order valence-corrected chi connectivity index (χ0v) is 34.9. The molecule has 0 unspecified atom stereocenters. The Labute approximate surface area is 366 Å². The van der Waals surface area contributed by atoms with Crippen molar-refractivity contribution in [2.75, 3.05) is 0 Å². The van der Waals surface area contributed by atoms with Gasteiger partial charge in [-0.2, -0.15) is 0 Å². The summed E-state index contributed by atoms with van der Waals surface area (Å²) in [6.07, 6.45) is 0. The van der Waals surface area contributed by atoms with Gasteiger partial charge in [0.05, 0.1) is 31.8 Å². The van der Waals surface area contributed by atoms with Crippen LogP contribution in [0.4, 0.5) is 0 Å². The molecule has 4 aromatic heterocycles. The lowest BCUT2D eigenvalue weighted by Crippen LogP contribution is -1.95. The van der Waals surface area contributed by atoms with E-state index in [1.54, 1.807) is 22.7 Å². The molecule has 0 saturated heterocycles. The molecule has 4 heterocycles. The van der Waals surface area contributed by atoms with Gasteiger partial charge in [-0.25, -0.2) is 19.9 Å². The third-order valence-corrected chi connectivity index (χ3v) is 13.9. The van der Waals surface area contributed by atoms with E-state index in [1.165, 1.54) is 20.5 Å². The SMILES string of the molecule is c1ccc(-c2ccc(-c3nc(-c4cccc(-c5cccc(-c6nc(-c7ccc(-c8ccccc8)cc7)nc7c6sc6ccccc67)c5)c4)c4sc5ccccc5c4n3)cc2)cc1. The van der Waals surface area contributed by atoms with Crippen molar-refractivity contribution in [3.8, 4) is 78.7 Å². The molecule has 6 heteroatoms. The fourth-order valence-corrected chi connectivity index (χ4v) is 10.7. The number of fused-ring (bicyclic) bond motifs is 6. The average molecular weight is 827 g/mol. The summed E-state index contributed by atoms with van der Waals surface area (Å²) in [6, 6.07) is 72.7. The van der Waals surface area contributed by atoms with E-state index in [-0.39, 0.29) is 0 Å². The normalized spacial score (nSPS) is 11.5. The summed E-state index contributed by atoms with van der Waals surface area (Å²) in [4.78, 5) is 21.1. The fourth-order valence-electron chi connectivity index (χ4n) is 8.41. The van der Waals surface area contributed by atoms with E-state index < -0.39 is 0 Å². The fraction of sp³-hybridized carbons (Fsp3) is 0. The van der Waals surface area contributed by atoms with Crippen LogP contribution < -0.4 is 0 Å². The van der Waals surface area contributed by atoms with Gasteiger partial charge < -0.3 is 0 Å². The van der Waals surface area contributed by atoms with Crippen molar-refractivity contribution in [2.24, 2.45) is 0 Å². The lowest BCUT2D eigenvalue weighted by atomic mass is 9.98. The highest BCUT2D eigenvalue weighted by Crippen LogP contribution is 2.43. The first-order chi connectivity index (χ1) is 30.7. The van der Waals surface area contributed by atoms with Crippen LogP contribution in [-0.2, 0) is 0 Å². The van der Waals surface area contributed by atoms with Crippen LogP contribution in [0.5, 0.6) is 0 Å². The van der Waals surface area contributed by atoms with Crippen LogP contribution >= 0.6 is 22.7 Å². The van der Waals surface area contributed by atoms with E-state index in [0.29, 0.717) is 11.6 Å². The monoisotopic (exact) mass is 826 g/mol. The number of hydrogen-bond acceptors (Lipinski definition) is 6. The van der Waals surface area contributed by atoms with Gasteiger partial charge in [0.1, 0.15) is 0 Å². The molecule has 12 aromatic rings. The highest BCUT2D eigenvalue weighted by atomic mass is 32.1. The highest BCUT2D eigenvalue weighted by molar-refractivity contribution is 7.26. The molecule has 0 saturated carbocycles. The van der Waals surface area contributed by atoms with Gasteiger partial charge in [0, 0.05) is 42.4 Å². The second-order valence-corrected chi connectivity index (χ2v) is 17.5. The number of hydrogen-bond donors (Lipinski definition) is 0. The summed E-state index contributed by atoms with van der Waals surface area (Å²) in [5, 5.41) is 2.29. The zero-order valence-electron chi connectivity index (χ0n) is 33.2. The number of rotatable bonds is 7. The van der Waals surface area contributed by atoms with Gasteiger partial charge in [0.2, 0.25) is 0 Å². The maximum Gasteiger partial charge on any atom is 0.160 e. The topological polar surface area (TPSA) is 51.6 Å². The van der Waals surface area contributed by atoms with Crippen LogP contribution in [0, 0.1) is 0 Å². The number of nitrogens with zero attached hydrogens (tertiary/aromatic N) is 4. The third kappa shape index (κ3) is 6.45.